The van der Waals surface area contributed by atoms with Gasteiger partial charge in [0.2, 0.25) is 0 Å². The molecule has 8 heteroatoms. The van der Waals surface area contributed by atoms with E-state index in [-0.39, 0.29) is 11.7 Å². The normalized spacial score (nSPS) is 15.6. The number of carbonyl (C=O) groups excluding carboxylic acids is 1. The van der Waals surface area contributed by atoms with Crippen LogP contribution in [0.15, 0.2) is 36.8 Å². The minimum Gasteiger partial charge on any atom is -0.339 e. The van der Waals surface area contributed by atoms with Gasteiger partial charge in [-0.1, -0.05) is 0 Å². The molecule has 2 heterocycles. The Morgan fingerprint density at radius 2 is 2.08 bits per heavy atom. The summed E-state index contributed by atoms with van der Waals surface area (Å²) in [5.41, 5.74) is 1.38. The van der Waals surface area contributed by atoms with Gasteiger partial charge in [0.15, 0.2) is 0 Å². The van der Waals surface area contributed by atoms with Crippen molar-refractivity contribution in [1.82, 2.24) is 30.3 Å². The van der Waals surface area contributed by atoms with Crippen molar-refractivity contribution in [3.8, 4) is 5.69 Å². The van der Waals surface area contributed by atoms with Crippen molar-refractivity contribution in [1.29, 1.82) is 0 Å². The molecule has 1 aliphatic rings. The number of nitrogens with one attached hydrogen (secondary N) is 2. The predicted octanol–water partition coefficient (Wildman–Crippen LogP) is 2.25. The first-order valence-electron chi connectivity index (χ1n) is 8.08. The van der Waals surface area contributed by atoms with Crippen molar-refractivity contribution in [2.24, 2.45) is 0 Å². The van der Waals surface area contributed by atoms with Crippen LogP contribution in [0.4, 0.5) is 4.39 Å². The van der Waals surface area contributed by atoms with Crippen LogP contribution in [0.2, 0.25) is 0 Å². The lowest BCUT2D eigenvalue weighted by atomic mass is 9.76. The molecule has 1 saturated carbocycles. The maximum absolute atomic E-state index is 13.1. The highest BCUT2D eigenvalue weighted by Gasteiger charge is 2.43. The van der Waals surface area contributed by atoms with Crippen molar-refractivity contribution < 1.29 is 9.18 Å². The van der Waals surface area contributed by atoms with Crippen LogP contribution in [-0.4, -0.2) is 30.9 Å². The van der Waals surface area contributed by atoms with E-state index in [9.17, 15) is 9.18 Å². The Labute approximate surface area is 143 Å². The molecule has 1 aliphatic carbocycles. The van der Waals surface area contributed by atoms with E-state index in [2.05, 4.69) is 25.6 Å². The Hall–Kier alpha value is -3.03. The highest BCUT2D eigenvalue weighted by Crippen LogP contribution is 2.39. The van der Waals surface area contributed by atoms with Gasteiger partial charge in [0.05, 0.1) is 28.7 Å². The molecule has 7 nitrogen and oxygen atoms in total. The van der Waals surface area contributed by atoms with Crippen molar-refractivity contribution in [3.63, 3.8) is 0 Å². The molecule has 0 unspecified atom stereocenters. The fourth-order valence-electron chi connectivity index (χ4n) is 3.15. The number of halogens is 1. The molecule has 25 heavy (non-hydrogen) atoms. The summed E-state index contributed by atoms with van der Waals surface area (Å²) in [7, 11) is 0. The third-order valence-electron chi connectivity index (χ3n) is 4.75. The van der Waals surface area contributed by atoms with E-state index >= 15 is 0 Å². The van der Waals surface area contributed by atoms with Crippen LogP contribution in [0.25, 0.3) is 5.69 Å². The van der Waals surface area contributed by atoms with Gasteiger partial charge in [0, 0.05) is 0 Å². The second-order valence-corrected chi connectivity index (χ2v) is 6.26. The molecule has 1 amide bonds. The number of H-pyrrole nitrogens is 1. The number of hydrogen-bond donors (Lipinski definition) is 2. The molecule has 0 bridgehead atoms. The quantitative estimate of drug-likeness (QED) is 0.762. The fraction of sp³-hybridized carbons (Fsp3) is 0.294. The molecular formula is C17H17FN6O. The smallest absolute Gasteiger partial charge is 0.255 e. The van der Waals surface area contributed by atoms with Crippen molar-refractivity contribution >= 4 is 5.91 Å². The minimum absolute atomic E-state index is 0.207. The lowest BCUT2D eigenvalue weighted by molar-refractivity contribution is 0.0809. The lowest BCUT2D eigenvalue weighted by Crippen LogP contribution is -2.51. The molecule has 128 valence electrons. The van der Waals surface area contributed by atoms with Gasteiger partial charge in [-0.15, -0.1) is 0 Å². The molecule has 0 aliphatic heterocycles. The summed E-state index contributed by atoms with van der Waals surface area (Å²) in [5, 5.41) is 14.1. The highest BCUT2D eigenvalue weighted by molar-refractivity contribution is 5.95. The minimum atomic E-state index is -0.488. The van der Waals surface area contributed by atoms with Crippen LogP contribution in [0.3, 0.4) is 0 Å². The first kappa shape index (κ1) is 15.5. The van der Waals surface area contributed by atoms with Gasteiger partial charge in [-0.25, -0.2) is 14.1 Å². The first-order chi connectivity index (χ1) is 12.1. The summed E-state index contributed by atoms with van der Waals surface area (Å²) < 4.78 is 14.7. The van der Waals surface area contributed by atoms with E-state index < -0.39 is 5.54 Å². The Balaban J connectivity index is 1.60. The summed E-state index contributed by atoms with van der Waals surface area (Å²) >= 11 is 0. The number of aromatic amines is 1. The van der Waals surface area contributed by atoms with E-state index in [0.717, 1.165) is 19.3 Å². The van der Waals surface area contributed by atoms with Crippen LogP contribution in [-0.2, 0) is 5.54 Å². The molecule has 3 aromatic rings. The summed E-state index contributed by atoms with van der Waals surface area (Å²) in [4.78, 5) is 17.0. The zero-order valence-electron chi connectivity index (χ0n) is 13.7. The van der Waals surface area contributed by atoms with Crippen molar-refractivity contribution in [2.75, 3.05) is 0 Å². The molecule has 0 atom stereocenters. The second-order valence-electron chi connectivity index (χ2n) is 6.26. The first-order valence-corrected chi connectivity index (χ1v) is 8.08. The Morgan fingerprint density at radius 3 is 2.68 bits per heavy atom. The van der Waals surface area contributed by atoms with Gasteiger partial charge >= 0.3 is 0 Å². The van der Waals surface area contributed by atoms with Gasteiger partial charge in [-0.3, -0.25) is 9.89 Å². The number of nitrogens with zero attached hydrogens (tertiary/aromatic N) is 4. The summed E-state index contributed by atoms with van der Waals surface area (Å²) in [6.45, 7) is 1.81. The van der Waals surface area contributed by atoms with Gasteiger partial charge in [0.25, 0.3) is 5.91 Å². The fourth-order valence-corrected chi connectivity index (χ4v) is 3.15. The number of hydrogen-bond acceptors (Lipinski definition) is 4. The molecule has 0 spiro atoms. The van der Waals surface area contributed by atoms with E-state index in [4.69, 9.17) is 0 Å². The van der Waals surface area contributed by atoms with E-state index in [1.807, 2.05) is 6.92 Å². The SMILES string of the molecule is Cc1c(C(=O)NC2(c3ncn[nH]3)CCC2)cnn1-c1ccc(F)cc1. The van der Waals surface area contributed by atoms with E-state index in [0.29, 0.717) is 22.8 Å². The predicted molar refractivity (Wildman–Crippen MR) is 87.6 cm³/mol. The average Bonchev–Trinajstić information content (AvgIpc) is 3.22. The number of benzene rings is 1. The molecule has 2 N–H and O–H groups in total. The lowest BCUT2D eigenvalue weighted by Gasteiger charge is -2.40. The Morgan fingerprint density at radius 1 is 1.32 bits per heavy atom. The van der Waals surface area contributed by atoms with Gasteiger partial charge in [0.1, 0.15) is 18.0 Å². The largest absolute Gasteiger partial charge is 0.339 e. The van der Waals surface area contributed by atoms with Crippen molar-refractivity contribution in [3.05, 3.63) is 59.7 Å². The summed E-state index contributed by atoms with van der Waals surface area (Å²) in [6, 6.07) is 5.98. The number of amides is 1. The second kappa shape index (κ2) is 5.80. The van der Waals surface area contributed by atoms with Gasteiger partial charge in [-0.2, -0.15) is 10.2 Å². The molecule has 0 saturated heterocycles. The average molecular weight is 340 g/mol. The van der Waals surface area contributed by atoms with E-state index in [1.54, 1.807) is 16.8 Å². The topological polar surface area (TPSA) is 88.5 Å². The third kappa shape index (κ3) is 2.59. The Bertz CT molecular complexity index is 896. The van der Waals surface area contributed by atoms with Crippen LogP contribution < -0.4 is 5.32 Å². The van der Waals surface area contributed by atoms with Gasteiger partial charge in [-0.05, 0) is 50.5 Å². The third-order valence-corrected chi connectivity index (χ3v) is 4.75. The summed E-state index contributed by atoms with van der Waals surface area (Å²) in [6.07, 6.45) is 5.63. The highest BCUT2D eigenvalue weighted by atomic mass is 19.1. The molecule has 4 rings (SSSR count). The molecule has 1 fully saturated rings. The number of rotatable bonds is 4. The van der Waals surface area contributed by atoms with Crippen LogP contribution >= 0.6 is 0 Å². The monoisotopic (exact) mass is 340 g/mol. The Kier molecular flexibility index (Phi) is 3.60. The molecular weight excluding hydrogens is 323 g/mol. The van der Waals surface area contributed by atoms with Crippen LogP contribution in [0.1, 0.15) is 41.1 Å². The standard InChI is InChI=1S/C17H17FN6O/c1-11-14(9-21-24(11)13-5-3-12(18)4-6-13)15(25)22-17(7-2-8-17)16-19-10-20-23-16/h3-6,9-10H,2,7-8H2,1H3,(H,22,25)(H,19,20,23). The number of aromatic nitrogens is 5. The number of carbonyl (C=O) groups is 1. The molecule has 0 radical (unpaired) electrons. The molecule has 2 aromatic heterocycles. The zero-order chi connectivity index (χ0) is 17.4. The zero-order valence-corrected chi connectivity index (χ0v) is 13.7. The van der Waals surface area contributed by atoms with Crippen LogP contribution in [0.5, 0.6) is 0 Å². The maximum atomic E-state index is 13.1. The molecule has 1 aromatic carbocycles. The van der Waals surface area contributed by atoms with Gasteiger partial charge < -0.3 is 5.32 Å². The van der Waals surface area contributed by atoms with E-state index in [1.165, 1.54) is 24.7 Å². The maximum Gasteiger partial charge on any atom is 0.255 e. The van der Waals surface area contributed by atoms with Crippen molar-refractivity contribution in [2.45, 2.75) is 31.7 Å². The van der Waals surface area contributed by atoms with Crippen LogP contribution in [0, 0.1) is 12.7 Å². The summed E-state index contributed by atoms with van der Waals surface area (Å²) in [5.74, 6) is 0.156.